The molecule has 0 radical (unpaired) electrons. The molecule has 0 saturated heterocycles. The minimum atomic E-state index is -0.295. The molecule has 0 saturated carbocycles. The van der Waals surface area contributed by atoms with Gasteiger partial charge in [-0.25, -0.2) is 14.4 Å². The summed E-state index contributed by atoms with van der Waals surface area (Å²) in [5.74, 6) is 0.0474. The van der Waals surface area contributed by atoms with E-state index in [1.807, 2.05) is 25.3 Å². The third kappa shape index (κ3) is 3.56. The molecule has 5 rings (SSSR count). The summed E-state index contributed by atoms with van der Waals surface area (Å²) in [6.45, 7) is 1.89. The van der Waals surface area contributed by atoms with Gasteiger partial charge in [-0.3, -0.25) is 0 Å². The third-order valence-electron chi connectivity index (χ3n) is 5.35. The Balaban J connectivity index is 1.41. The van der Waals surface area contributed by atoms with Crippen LogP contribution < -0.4 is 5.32 Å². The number of aromatic nitrogens is 3. The van der Waals surface area contributed by atoms with Gasteiger partial charge in [-0.2, -0.15) is 0 Å². The number of aryl methyl sites for hydroxylation is 2. The van der Waals surface area contributed by atoms with Crippen molar-refractivity contribution in [2.45, 2.75) is 32.1 Å². The number of rotatable bonds is 4. The van der Waals surface area contributed by atoms with E-state index in [9.17, 15) is 4.39 Å². The number of anilines is 2. The average molecular weight is 405 g/mol. The molecule has 2 aromatic heterocycles. The molecule has 0 fully saturated rings. The summed E-state index contributed by atoms with van der Waals surface area (Å²) >= 11 is 1.68. The van der Waals surface area contributed by atoms with Gasteiger partial charge in [0.05, 0.1) is 23.4 Å². The van der Waals surface area contributed by atoms with Crippen LogP contribution in [0.5, 0.6) is 0 Å². The molecule has 6 heteroatoms. The molecule has 1 aliphatic carbocycles. The second-order valence-corrected chi connectivity index (χ2v) is 8.48. The molecule has 4 nitrogen and oxygen atoms in total. The Labute approximate surface area is 173 Å². The van der Waals surface area contributed by atoms with Crippen molar-refractivity contribution in [1.82, 2.24) is 14.5 Å². The second kappa shape index (κ2) is 7.44. The van der Waals surface area contributed by atoms with Crippen molar-refractivity contribution in [3.8, 4) is 5.69 Å². The molecule has 0 amide bonds. The maximum Gasteiger partial charge on any atom is 0.187 e. The van der Waals surface area contributed by atoms with Gasteiger partial charge >= 0.3 is 0 Å². The van der Waals surface area contributed by atoms with Crippen LogP contribution in [0, 0.1) is 12.7 Å². The molecular formula is C23H21FN4S. The highest BCUT2D eigenvalue weighted by molar-refractivity contribution is 7.15. The lowest BCUT2D eigenvalue weighted by atomic mass is 9.85. The largest absolute Gasteiger partial charge is 0.331 e. The topological polar surface area (TPSA) is 42.7 Å². The molecule has 0 aliphatic heterocycles. The number of hydrogen-bond acceptors (Lipinski definition) is 4. The summed E-state index contributed by atoms with van der Waals surface area (Å²) in [7, 11) is 0. The van der Waals surface area contributed by atoms with E-state index >= 15 is 0 Å². The normalized spacial score (nSPS) is 15.9. The van der Waals surface area contributed by atoms with Gasteiger partial charge in [0, 0.05) is 22.7 Å². The Kier molecular flexibility index (Phi) is 4.64. The van der Waals surface area contributed by atoms with Gasteiger partial charge in [0.15, 0.2) is 5.13 Å². The zero-order valence-corrected chi connectivity index (χ0v) is 16.9. The van der Waals surface area contributed by atoms with Gasteiger partial charge < -0.3 is 9.88 Å². The van der Waals surface area contributed by atoms with Crippen LogP contribution in [0.1, 0.15) is 40.6 Å². The summed E-state index contributed by atoms with van der Waals surface area (Å²) in [4.78, 5) is 10.4. The van der Waals surface area contributed by atoms with E-state index in [-0.39, 0.29) is 5.82 Å². The minimum Gasteiger partial charge on any atom is -0.331 e. The summed E-state index contributed by atoms with van der Waals surface area (Å²) in [6, 6.07) is 15.7. The van der Waals surface area contributed by atoms with E-state index in [1.165, 1.54) is 28.6 Å². The molecule has 1 N–H and O–H groups in total. The molecule has 0 spiro atoms. The Hall–Kier alpha value is -2.99. The lowest BCUT2D eigenvalue weighted by Crippen LogP contribution is -2.09. The molecule has 1 atom stereocenters. The Morgan fingerprint density at radius 2 is 2.03 bits per heavy atom. The van der Waals surface area contributed by atoms with Crippen LogP contribution in [0.3, 0.4) is 0 Å². The van der Waals surface area contributed by atoms with Crippen molar-refractivity contribution in [2.75, 3.05) is 5.32 Å². The summed E-state index contributed by atoms with van der Waals surface area (Å²) in [5, 5.41) is 4.12. The van der Waals surface area contributed by atoms with E-state index in [0.29, 0.717) is 17.3 Å². The van der Waals surface area contributed by atoms with Gasteiger partial charge in [-0.15, -0.1) is 11.3 Å². The maximum atomic E-state index is 14.7. The predicted molar refractivity (Wildman–Crippen MR) is 115 cm³/mol. The van der Waals surface area contributed by atoms with E-state index in [4.69, 9.17) is 4.98 Å². The fourth-order valence-corrected chi connectivity index (χ4v) is 5.04. The smallest absolute Gasteiger partial charge is 0.187 e. The zero-order chi connectivity index (χ0) is 19.8. The summed E-state index contributed by atoms with van der Waals surface area (Å²) in [5.41, 5.74) is 4.52. The summed E-state index contributed by atoms with van der Waals surface area (Å²) < 4.78 is 16.3. The Morgan fingerprint density at radius 3 is 2.79 bits per heavy atom. The molecule has 0 bridgehead atoms. The highest BCUT2D eigenvalue weighted by Crippen LogP contribution is 2.40. The first kappa shape index (κ1) is 18.1. The second-order valence-electron chi connectivity index (χ2n) is 7.40. The van der Waals surface area contributed by atoms with Crippen LogP contribution in [0.25, 0.3) is 5.69 Å². The standard InChI is InChI=1S/C23H21FN4S/c1-15-13-28(14-25-15)20-11-10-17(12-19(20)24)26-23-27-22-18(8-5-9-21(22)29-23)16-6-3-2-4-7-16/h2-4,6-7,10-14,18H,5,8-9H2,1H3,(H,26,27)/t18-/m0/s1. The number of nitrogens with one attached hydrogen (secondary N) is 1. The van der Waals surface area contributed by atoms with Crippen LogP contribution in [0.4, 0.5) is 15.2 Å². The lowest BCUT2D eigenvalue weighted by molar-refractivity contribution is 0.610. The summed E-state index contributed by atoms with van der Waals surface area (Å²) in [6.07, 6.45) is 6.78. The van der Waals surface area contributed by atoms with Crippen molar-refractivity contribution < 1.29 is 4.39 Å². The predicted octanol–water partition coefficient (Wildman–Crippen LogP) is 5.99. The van der Waals surface area contributed by atoms with Crippen LogP contribution in [0.15, 0.2) is 61.1 Å². The van der Waals surface area contributed by atoms with Gasteiger partial charge in [0.25, 0.3) is 0 Å². The number of thiazole rings is 1. The quantitative estimate of drug-likeness (QED) is 0.454. The van der Waals surface area contributed by atoms with Gasteiger partial charge in [-0.1, -0.05) is 30.3 Å². The molecule has 2 heterocycles. The van der Waals surface area contributed by atoms with E-state index < -0.39 is 0 Å². The fourth-order valence-electron chi connectivity index (χ4n) is 3.95. The van der Waals surface area contributed by atoms with Crippen molar-refractivity contribution in [2.24, 2.45) is 0 Å². The van der Waals surface area contributed by atoms with Gasteiger partial charge in [0.1, 0.15) is 5.82 Å². The first-order valence-electron chi connectivity index (χ1n) is 9.79. The number of benzene rings is 2. The Morgan fingerprint density at radius 1 is 1.17 bits per heavy atom. The van der Waals surface area contributed by atoms with E-state index in [2.05, 4.69) is 34.6 Å². The zero-order valence-electron chi connectivity index (χ0n) is 16.1. The SMILES string of the molecule is Cc1cn(-c2ccc(Nc3nc4c(s3)CCC[C@H]4c3ccccc3)cc2F)cn1. The highest BCUT2D eigenvalue weighted by Gasteiger charge is 2.26. The molecular weight excluding hydrogens is 383 g/mol. The number of hydrogen-bond donors (Lipinski definition) is 1. The van der Waals surface area contributed by atoms with Crippen molar-refractivity contribution in [3.05, 3.63) is 88.7 Å². The van der Waals surface area contributed by atoms with Crippen molar-refractivity contribution in [3.63, 3.8) is 0 Å². The molecule has 0 unspecified atom stereocenters. The third-order valence-corrected chi connectivity index (χ3v) is 6.39. The number of fused-ring (bicyclic) bond motifs is 1. The first-order valence-corrected chi connectivity index (χ1v) is 10.6. The van der Waals surface area contributed by atoms with Gasteiger partial charge in [-0.05, 0) is 49.9 Å². The Bertz CT molecular complexity index is 1150. The number of nitrogens with zero attached hydrogens (tertiary/aromatic N) is 3. The molecule has 1 aliphatic rings. The van der Waals surface area contributed by atoms with Crippen LogP contribution in [0.2, 0.25) is 0 Å². The van der Waals surface area contributed by atoms with Crippen molar-refractivity contribution in [1.29, 1.82) is 0 Å². The molecule has 2 aromatic carbocycles. The number of halogens is 1. The van der Waals surface area contributed by atoms with Crippen LogP contribution in [-0.4, -0.2) is 14.5 Å². The van der Waals surface area contributed by atoms with Gasteiger partial charge in [0.2, 0.25) is 0 Å². The minimum absolute atomic E-state index is 0.295. The van der Waals surface area contributed by atoms with Crippen molar-refractivity contribution >= 4 is 22.2 Å². The monoisotopic (exact) mass is 404 g/mol. The van der Waals surface area contributed by atoms with E-state index in [1.54, 1.807) is 28.3 Å². The maximum absolute atomic E-state index is 14.7. The molecule has 29 heavy (non-hydrogen) atoms. The molecule has 146 valence electrons. The molecule has 4 aromatic rings. The van der Waals surface area contributed by atoms with E-state index in [0.717, 1.165) is 23.7 Å². The lowest BCUT2D eigenvalue weighted by Gasteiger charge is -2.21. The average Bonchev–Trinajstić information content (AvgIpc) is 3.34. The van der Waals surface area contributed by atoms with Crippen LogP contribution >= 0.6 is 11.3 Å². The highest BCUT2D eigenvalue weighted by atomic mass is 32.1. The number of imidazole rings is 1. The van der Waals surface area contributed by atoms with Crippen LogP contribution in [-0.2, 0) is 6.42 Å². The first-order chi connectivity index (χ1) is 14.2. The fraction of sp³-hybridized carbons (Fsp3) is 0.217.